The Kier molecular flexibility index (Phi) is 4.75. The monoisotopic (exact) mass is 457 g/mol. The van der Waals surface area contributed by atoms with E-state index in [1.165, 1.54) is 71.7 Å². The lowest BCUT2D eigenvalue weighted by Gasteiger charge is -2.32. The predicted molar refractivity (Wildman–Crippen MR) is 113 cm³/mol. The van der Waals surface area contributed by atoms with Gasteiger partial charge in [0.05, 0.1) is 29.5 Å². The molecule has 1 atom stereocenters. The first-order chi connectivity index (χ1) is 15.7. The summed E-state index contributed by atoms with van der Waals surface area (Å²) in [4.78, 5) is 0. The van der Waals surface area contributed by atoms with Gasteiger partial charge in [-0.2, -0.15) is 18.3 Å². The van der Waals surface area contributed by atoms with Crippen molar-refractivity contribution < 1.29 is 27.1 Å². The zero-order valence-corrected chi connectivity index (χ0v) is 16.9. The van der Waals surface area contributed by atoms with Crippen molar-refractivity contribution in [3.8, 4) is 5.69 Å². The maximum Gasteiger partial charge on any atom is 0.423 e. The molecule has 33 heavy (non-hydrogen) atoms. The Morgan fingerprint density at radius 1 is 0.879 bits per heavy atom. The molecule has 1 N–H and O–H groups in total. The fourth-order valence-corrected chi connectivity index (χ4v) is 4.02. The summed E-state index contributed by atoms with van der Waals surface area (Å²) in [6, 6.07) is 15.0. The summed E-state index contributed by atoms with van der Waals surface area (Å²) in [6.07, 6.45) is -2.37. The lowest BCUT2D eigenvalue weighted by Crippen LogP contribution is -2.45. The van der Waals surface area contributed by atoms with Crippen molar-refractivity contribution in [1.82, 2.24) is 14.3 Å². The van der Waals surface area contributed by atoms with Gasteiger partial charge in [0.25, 0.3) is 0 Å². The molecule has 4 nitrogen and oxygen atoms in total. The highest BCUT2D eigenvalue weighted by Gasteiger charge is 2.55. The molecule has 0 saturated carbocycles. The zero-order valence-electron chi connectivity index (χ0n) is 16.9. The summed E-state index contributed by atoms with van der Waals surface area (Å²) in [5, 5.41) is 15.9. The Morgan fingerprint density at radius 2 is 1.64 bits per heavy atom. The van der Waals surface area contributed by atoms with Gasteiger partial charge >= 0.3 is 6.18 Å². The van der Waals surface area contributed by atoms with Gasteiger partial charge in [-0.15, -0.1) is 0 Å². The molecule has 0 aliphatic rings. The second-order valence-electron chi connectivity index (χ2n) is 7.79. The number of benzene rings is 3. The molecule has 0 aliphatic carbocycles. The Morgan fingerprint density at radius 3 is 2.36 bits per heavy atom. The molecule has 2 aromatic heterocycles. The summed E-state index contributed by atoms with van der Waals surface area (Å²) < 4.78 is 72.6. The third-order valence-corrected chi connectivity index (χ3v) is 5.72. The maximum absolute atomic E-state index is 14.3. The van der Waals surface area contributed by atoms with E-state index in [1.54, 1.807) is 6.07 Å². The van der Waals surface area contributed by atoms with Crippen molar-refractivity contribution in [2.45, 2.75) is 18.3 Å². The number of nitrogens with zero attached hydrogens (tertiary/aromatic N) is 3. The minimum Gasteiger partial charge on any atom is -0.375 e. The Labute approximate surface area is 184 Å². The molecule has 0 saturated heterocycles. The average Bonchev–Trinajstić information content (AvgIpc) is 3.38. The highest BCUT2D eigenvalue weighted by molar-refractivity contribution is 5.82. The van der Waals surface area contributed by atoms with Gasteiger partial charge in [-0.25, -0.2) is 13.5 Å². The van der Waals surface area contributed by atoms with Gasteiger partial charge in [-0.05, 0) is 54.1 Å². The number of alkyl halides is 3. The molecule has 0 aliphatic heterocycles. The van der Waals surface area contributed by atoms with Crippen LogP contribution < -0.4 is 0 Å². The smallest absolute Gasteiger partial charge is 0.375 e. The van der Waals surface area contributed by atoms with Crippen LogP contribution in [0.5, 0.6) is 0 Å². The molecular weight excluding hydrogens is 441 g/mol. The van der Waals surface area contributed by atoms with E-state index in [0.29, 0.717) is 22.0 Å². The number of rotatable bonds is 4. The molecule has 0 bridgehead atoms. The molecule has 0 amide bonds. The Bertz CT molecular complexity index is 1470. The normalized spacial score (nSPS) is 14.1. The number of para-hydroxylation sites is 1. The van der Waals surface area contributed by atoms with Crippen LogP contribution in [0.3, 0.4) is 0 Å². The van der Waals surface area contributed by atoms with Crippen LogP contribution in [0.15, 0.2) is 79.1 Å². The molecule has 2 heterocycles. The molecule has 1 unspecified atom stereocenters. The average molecular weight is 457 g/mol. The summed E-state index contributed by atoms with van der Waals surface area (Å²) in [5.74, 6) is -1.11. The lowest BCUT2D eigenvalue weighted by atomic mass is 9.91. The van der Waals surface area contributed by atoms with Crippen LogP contribution in [-0.4, -0.2) is 25.6 Å². The number of halogens is 5. The SMILES string of the molecule is OC(Cn1ccc2cccc(F)c21)(c1ccc2c(cnn2-c2ccc(F)cc2)c1)C(F)(F)F. The number of hydrogen-bond acceptors (Lipinski definition) is 2. The zero-order chi connectivity index (χ0) is 23.4. The van der Waals surface area contributed by atoms with Gasteiger partial charge in [0.1, 0.15) is 11.6 Å². The standard InChI is InChI=1S/C24H16F5N3O/c25-18-5-7-19(8-6-18)32-21-9-4-17(12-16(21)13-30-32)23(33,24(27,28)29)14-31-11-10-15-2-1-3-20(26)22(15)31/h1-13,33H,14H2. The molecule has 3 aromatic carbocycles. The lowest BCUT2D eigenvalue weighted by molar-refractivity contribution is -0.271. The van der Waals surface area contributed by atoms with Gasteiger partial charge in [0.2, 0.25) is 5.60 Å². The number of aromatic nitrogens is 3. The second kappa shape index (κ2) is 7.41. The molecule has 5 rings (SSSR count). The molecule has 0 fully saturated rings. The van der Waals surface area contributed by atoms with Crippen molar-refractivity contribution in [2.75, 3.05) is 0 Å². The fraction of sp³-hybridized carbons (Fsp3) is 0.125. The molecule has 9 heteroatoms. The highest BCUT2D eigenvalue weighted by atomic mass is 19.4. The van der Waals surface area contributed by atoms with E-state index in [1.807, 2.05) is 0 Å². The van der Waals surface area contributed by atoms with Crippen LogP contribution in [0.2, 0.25) is 0 Å². The van der Waals surface area contributed by atoms with E-state index in [-0.39, 0.29) is 5.52 Å². The van der Waals surface area contributed by atoms with E-state index in [0.717, 1.165) is 10.6 Å². The number of hydrogen-bond donors (Lipinski definition) is 1. The third kappa shape index (κ3) is 3.45. The number of fused-ring (bicyclic) bond motifs is 2. The van der Waals surface area contributed by atoms with Crippen LogP contribution in [0.25, 0.3) is 27.5 Å². The number of aliphatic hydroxyl groups is 1. The van der Waals surface area contributed by atoms with Crippen molar-refractivity contribution in [2.24, 2.45) is 0 Å². The first-order valence-electron chi connectivity index (χ1n) is 9.94. The first-order valence-corrected chi connectivity index (χ1v) is 9.94. The van der Waals surface area contributed by atoms with Gasteiger partial charge in [0, 0.05) is 17.0 Å². The molecular formula is C24H16F5N3O. The van der Waals surface area contributed by atoms with Gasteiger partial charge < -0.3 is 9.67 Å². The quantitative estimate of drug-likeness (QED) is 0.352. The summed E-state index contributed by atoms with van der Waals surface area (Å²) in [5.41, 5.74) is -2.70. The summed E-state index contributed by atoms with van der Waals surface area (Å²) in [6.45, 7) is -0.932. The van der Waals surface area contributed by atoms with Gasteiger partial charge in [-0.3, -0.25) is 0 Å². The maximum atomic E-state index is 14.3. The fourth-order valence-electron chi connectivity index (χ4n) is 4.02. The van der Waals surface area contributed by atoms with E-state index in [9.17, 15) is 27.1 Å². The minimum absolute atomic E-state index is 0.0228. The van der Waals surface area contributed by atoms with E-state index in [4.69, 9.17) is 0 Å². The van der Waals surface area contributed by atoms with E-state index >= 15 is 0 Å². The van der Waals surface area contributed by atoms with E-state index in [2.05, 4.69) is 5.10 Å². The van der Waals surface area contributed by atoms with Crippen LogP contribution in [0.1, 0.15) is 5.56 Å². The first kappa shape index (κ1) is 21.1. The third-order valence-electron chi connectivity index (χ3n) is 5.72. The summed E-state index contributed by atoms with van der Waals surface area (Å²) in [7, 11) is 0. The van der Waals surface area contributed by atoms with Crippen molar-refractivity contribution in [1.29, 1.82) is 0 Å². The van der Waals surface area contributed by atoms with Crippen LogP contribution in [0, 0.1) is 11.6 Å². The molecule has 0 radical (unpaired) electrons. The minimum atomic E-state index is -5.05. The topological polar surface area (TPSA) is 43.0 Å². The Hall–Kier alpha value is -3.72. The van der Waals surface area contributed by atoms with Crippen LogP contribution in [-0.2, 0) is 12.1 Å². The van der Waals surface area contributed by atoms with Crippen molar-refractivity contribution in [3.63, 3.8) is 0 Å². The predicted octanol–water partition coefficient (Wildman–Crippen LogP) is 5.71. The second-order valence-corrected chi connectivity index (χ2v) is 7.79. The van der Waals surface area contributed by atoms with Crippen molar-refractivity contribution in [3.05, 3.63) is 96.3 Å². The van der Waals surface area contributed by atoms with Crippen LogP contribution >= 0.6 is 0 Å². The van der Waals surface area contributed by atoms with Gasteiger partial charge in [-0.1, -0.05) is 18.2 Å². The largest absolute Gasteiger partial charge is 0.423 e. The van der Waals surface area contributed by atoms with E-state index < -0.39 is 35.5 Å². The molecule has 5 aromatic rings. The van der Waals surface area contributed by atoms with Crippen LogP contribution in [0.4, 0.5) is 22.0 Å². The molecule has 0 spiro atoms. The Balaban J connectivity index is 1.60. The summed E-state index contributed by atoms with van der Waals surface area (Å²) >= 11 is 0. The van der Waals surface area contributed by atoms with Crippen molar-refractivity contribution >= 4 is 21.8 Å². The molecule has 168 valence electrons. The highest BCUT2D eigenvalue weighted by Crippen LogP contribution is 2.42. The van der Waals surface area contributed by atoms with Gasteiger partial charge in [0.15, 0.2) is 0 Å².